The van der Waals surface area contributed by atoms with Gasteiger partial charge in [-0.3, -0.25) is 4.79 Å². The van der Waals surface area contributed by atoms with E-state index in [1.165, 1.54) is 0 Å². The van der Waals surface area contributed by atoms with Crippen molar-refractivity contribution in [2.75, 3.05) is 20.8 Å². The Morgan fingerprint density at radius 3 is 2.82 bits per heavy atom. The number of nitrogens with one attached hydrogen (secondary N) is 1. The second-order valence-electron chi connectivity index (χ2n) is 6.32. The molecule has 0 saturated carbocycles. The number of methoxy groups -OCH3 is 2. The fourth-order valence-electron chi connectivity index (χ4n) is 3.20. The van der Waals surface area contributed by atoms with Crippen molar-refractivity contribution in [3.05, 3.63) is 59.3 Å². The smallest absolute Gasteiger partial charge is 0.273 e. The fraction of sp³-hybridized carbons (Fsp3) is 0.238. The molecule has 4 rings (SSSR count). The van der Waals surface area contributed by atoms with Crippen molar-refractivity contribution < 1.29 is 18.8 Å². The lowest BCUT2D eigenvalue weighted by molar-refractivity contribution is 0.0944. The third-order valence-corrected chi connectivity index (χ3v) is 5.75. The Kier molecular flexibility index (Phi) is 5.25. The number of hydrogen-bond acceptors (Lipinski definition) is 6. The normalized spacial score (nSPS) is 12.1. The molecule has 0 radical (unpaired) electrons. The number of benzene rings is 2. The second-order valence-corrected chi connectivity index (χ2v) is 7.34. The fourth-order valence-corrected chi connectivity index (χ4v) is 4.26. The van der Waals surface area contributed by atoms with Crippen LogP contribution in [-0.2, 0) is 12.2 Å². The molecule has 0 saturated heterocycles. The Morgan fingerprint density at radius 1 is 1.18 bits per heavy atom. The van der Waals surface area contributed by atoms with E-state index in [1.807, 2.05) is 42.5 Å². The van der Waals surface area contributed by atoms with Crippen molar-refractivity contribution in [1.82, 2.24) is 10.5 Å². The summed E-state index contributed by atoms with van der Waals surface area (Å²) in [6, 6.07) is 13.7. The molecule has 144 valence electrons. The van der Waals surface area contributed by atoms with E-state index >= 15 is 0 Å². The summed E-state index contributed by atoms with van der Waals surface area (Å²) in [5, 5.41) is 6.97. The Hall–Kier alpha value is -2.93. The molecular formula is C21H20N2O4S. The molecule has 28 heavy (non-hydrogen) atoms. The lowest BCUT2D eigenvalue weighted by atomic mass is 10.1. The van der Waals surface area contributed by atoms with Gasteiger partial charge in [-0.25, -0.2) is 0 Å². The first-order valence-corrected chi connectivity index (χ1v) is 9.89. The molecule has 2 heterocycles. The molecule has 1 aliphatic heterocycles. The average molecular weight is 396 g/mol. The lowest BCUT2D eigenvalue weighted by Gasteiger charge is -2.13. The lowest BCUT2D eigenvalue weighted by Crippen LogP contribution is -2.27. The first kappa shape index (κ1) is 18.4. The minimum Gasteiger partial charge on any atom is -0.493 e. The maximum absolute atomic E-state index is 12.6. The second kappa shape index (κ2) is 7.98. The van der Waals surface area contributed by atoms with Crippen LogP contribution in [0.25, 0.3) is 11.3 Å². The summed E-state index contributed by atoms with van der Waals surface area (Å²) in [5.74, 6) is 2.51. The van der Waals surface area contributed by atoms with E-state index in [0.29, 0.717) is 41.7 Å². The highest BCUT2D eigenvalue weighted by atomic mass is 32.2. The molecule has 0 unspecified atom stereocenters. The molecule has 0 atom stereocenters. The van der Waals surface area contributed by atoms with Crippen molar-refractivity contribution in [1.29, 1.82) is 0 Å². The SMILES string of the molecule is COc1ccc(CCNC(=O)c2noc3c2CSc2ccccc2-3)cc1OC. The summed E-state index contributed by atoms with van der Waals surface area (Å²) < 4.78 is 16.1. The summed E-state index contributed by atoms with van der Waals surface area (Å²) in [6.45, 7) is 0.486. The number of rotatable bonds is 6. The van der Waals surface area contributed by atoms with E-state index in [0.717, 1.165) is 21.6 Å². The zero-order valence-corrected chi connectivity index (χ0v) is 16.5. The zero-order valence-electron chi connectivity index (χ0n) is 15.7. The molecule has 1 N–H and O–H groups in total. The number of ether oxygens (including phenoxy) is 2. The van der Waals surface area contributed by atoms with Crippen molar-refractivity contribution in [3.8, 4) is 22.8 Å². The quantitative estimate of drug-likeness (QED) is 0.680. The molecular weight excluding hydrogens is 376 g/mol. The van der Waals surface area contributed by atoms with Crippen LogP contribution in [0.5, 0.6) is 11.5 Å². The van der Waals surface area contributed by atoms with Gasteiger partial charge in [0.15, 0.2) is 23.0 Å². The van der Waals surface area contributed by atoms with Crippen molar-refractivity contribution in [2.24, 2.45) is 0 Å². The highest BCUT2D eigenvalue weighted by Gasteiger charge is 2.27. The van der Waals surface area contributed by atoms with Gasteiger partial charge in [0.25, 0.3) is 5.91 Å². The molecule has 2 aromatic carbocycles. The number of aromatic nitrogens is 1. The highest BCUT2D eigenvalue weighted by molar-refractivity contribution is 7.98. The number of nitrogens with zero attached hydrogens (tertiary/aromatic N) is 1. The van der Waals surface area contributed by atoms with Crippen molar-refractivity contribution in [2.45, 2.75) is 17.1 Å². The maximum atomic E-state index is 12.6. The van der Waals surface area contributed by atoms with Gasteiger partial charge in [0, 0.05) is 28.3 Å². The Labute approximate surface area is 167 Å². The van der Waals surface area contributed by atoms with Gasteiger partial charge in [0.05, 0.1) is 14.2 Å². The minimum atomic E-state index is -0.217. The van der Waals surface area contributed by atoms with E-state index < -0.39 is 0 Å². The number of hydrogen-bond donors (Lipinski definition) is 1. The van der Waals surface area contributed by atoms with Gasteiger partial charge in [0.2, 0.25) is 0 Å². The Bertz CT molecular complexity index is 1020. The topological polar surface area (TPSA) is 73.6 Å². The van der Waals surface area contributed by atoms with Gasteiger partial charge in [-0.05, 0) is 36.2 Å². The Morgan fingerprint density at radius 2 is 2.00 bits per heavy atom. The van der Waals surface area contributed by atoms with E-state index in [4.69, 9.17) is 14.0 Å². The molecule has 0 aliphatic carbocycles. The standard InChI is InChI=1S/C21H20N2O4S/c1-25-16-8-7-13(11-17(16)26-2)9-10-22-21(24)19-15-12-28-18-6-4-3-5-14(18)20(15)27-23-19/h3-8,11H,9-10,12H2,1-2H3,(H,22,24). The number of carbonyl (C=O) groups excluding carboxylic acids is 1. The third-order valence-electron chi connectivity index (χ3n) is 4.65. The van der Waals surface area contributed by atoms with Crippen LogP contribution < -0.4 is 14.8 Å². The third kappa shape index (κ3) is 3.45. The van der Waals surface area contributed by atoms with Crippen molar-refractivity contribution in [3.63, 3.8) is 0 Å². The maximum Gasteiger partial charge on any atom is 0.273 e. The molecule has 0 bridgehead atoms. The monoisotopic (exact) mass is 396 g/mol. The molecule has 0 spiro atoms. The van der Waals surface area contributed by atoms with Crippen LogP contribution in [0, 0.1) is 0 Å². The Balaban J connectivity index is 1.43. The van der Waals surface area contributed by atoms with Crippen LogP contribution >= 0.6 is 11.8 Å². The van der Waals surface area contributed by atoms with Crippen molar-refractivity contribution >= 4 is 17.7 Å². The minimum absolute atomic E-state index is 0.217. The van der Waals surface area contributed by atoms with Gasteiger partial charge in [-0.15, -0.1) is 11.8 Å². The molecule has 3 aromatic rings. The van der Waals surface area contributed by atoms with E-state index in [-0.39, 0.29) is 5.91 Å². The summed E-state index contributed by atoms with van der Waals surface area (Å²) in [6.07, 6.45) is 0.670. The van der Waals surface area contributed by atoms with Crippen LogP contribution in [-0.4, -0.2) is 31.8 Å². The molecule has 1 aliphatic rings. The van der Waals surface area contributed by atoms with Crippen LogP contribution in [0.3, 0.4) is 0 Å². The van der Waals surface area contributed by atoms with Crippen LogP contribution in [0.2, 0.25) is 0 Å². The highest BCUT2D eigenvalue weighted by Crippen LogP contribution is 2.42. The molecule has 1 amide bonds. The van der Waals surface area contributed by atoms with Gasteiger partial charge in [0.1, 0.15) is 0 Å². The number of fused-ring (bicyclic) bond motifs is 3. The molecule has 0 fully saturated rings. The van der Waals surface area contributed by atoms with Crippen LogP contribution in [0.4, 0.5) is 0 Å². The number of carbonyl (C=O) groups is 1. The summed E-state index contributed by atoms with van der Waals surface area (Å²) in [4.78, 5) is 13.8. The van der Waals surface area contributed by atoms with Gasteiger partial charge in [-0.1, -0.05) is 23.4 Å². The molecule has 6 nitrogen and oxygen atoms in total. The zero-order chi connectivity index (χ0) is 19.5. The van der Waals surface area contributed by atoms with Gasteiger partial charge < -0.3 is 19.3 Å². The predicted octanol–water partition coefficient (Wildman–Crippen LogP) is 3.94. The van der Waals surface area contributed by atoms with Gasteiger partial charge >= 0.3 is 0 Å². The largest absolute Gasteiger partial charge is 0.493 e. The predicted molar refractivity (Wildman–Crippen MR) is 107 cm³/mol. The van der Waals surface area contributed by atoms with Crippen LogP contribution in [0.15, 0.2) is 51.9 Å². The van der Waals surface area contributed by atoms with E-state index in [9.17, 15) is 4.79 Å². The molecule has 7 heteroatoms. The first-order chi connectivity index (χ1) is 13.7. The van der Waals surface area contributed by atoms with Gasteiger partial charge in [-0.2, -0.15) is 0 Å². The first-order valence-electron chi connectivity index (χ1n) is 8.91. The number of amides is 1. The van der Waals surface area contributed by atoms with Crippen LogP contribution in [0.1, 0.15) is 21.6 Å². The number of thioether (sulfide) groups is 1. The summed E-state index contributed by atoms with van der Waals surface area (Å²) >= 11 is 1.69. The molecule has 1 aromatic heterocycles. The van der Waals surface area contributed by atoms with E-state index in [2.05, 4.69) is 10.5 Å². The average Bonchev–Trinajstić information content (AvgIpc) is 3.18. The summed E-state index contributed by atoms with van der Waals surface area (Å²) in [7, 11) is 3.21. The van der Waals surface area contributed by atoms with E-state index in [1.54, 1.807) is 26.0 Å². The summed E-state index contributed by atoms with van der Waals surface area (Å²) in [5.41, 5.74) is 3.26.